The number of halogens is 3. The van der Waals surface area contributed by atoms with Gasteiger partial charge in [0.2, 0.25) is 5.91 Å². The van der Waals surface area contributed by atoms with Crippen molar-refractivity contribution in [1.82, 2.24) is 14.9 Å². The zero-order chi connectivity index (χ0) is 22.0. The smallest absolute Gasteiger partial charge is 0.272 e. The first-order chi connectivity index (χ1) is 14.2. The highest BCUT2D eigenvalue weighted by Crippen LogP contribution is 2.35. The Kier molecular flexibility index (Phi) is 6.35. The quantitative estimate of drug-likeness (QED) is 0.663. The van der Waals surface area contributed by atoms with Crippen molar-refractivity contribution < 1.29 is 23.2 Å². The average Bonchev–Trinajstić information content (AvgIpc) is 3.15. The highest BCUT2D eigenvalue weighted by atomic mass is 35.5. The van der Waals surface area contributed by atoms with Crippen molar-refractivity contribution in [2.24, 2.45) is 11.7 Å². The van der Waals surface area contributed by atoms with E-state index < -0.39 is 35.3 Å². The van der Waals surface area contributed by atoms with Gasteiger partial charge in [0.25, 0.3) is 11.8 Å². The van der Waals surface area contributed by atoms with Crippen LogP contribution in [0.25, 0.3) is 0 Å². The molecule has 30 heavy (non-hydrogen) atoms. The number of aromatic nitrogens is 2. The molecule has 0 unspecified atom stereocenters. The minimum absolute atomic E-state index is 0.0161. The van der Waals surface area contributed by atoms with Crippen LogP contribution in [-0.4, -0.2) is 34.3 Å². The van der Waals surface area contributed by atoms with Gasteiger partial charge < -0.3 is 20.9 Å². The van der Waals surface area contributed by atoms with Gasteiger partial charge in [0.15, 0.2) is 11.5 Å². The molecule has 11 heteroatoms. The van der Waals surface area contributed by atoms with E-state index in [1.54, 1.807) is 4.57 Å². The largest absolute Gasteiger partial charge is 0.364 e. The number of hydrogen-bond donors (Lipinski definition) is 3. The maximum absolute atomic E-state index is 13.9. The Hall–Kier alpha value is -3.01. The van der Waals surface area contributed by atoms with Gasteiger partial charge in [-0.15, -0.1) is 0 Å². The lowest BCUT2D eigenvalue weighted by atomic mass is 9.85. The number of carbonyl (C=O) groups is 3. The van der Waals surface area contributed by atoms with Gasteiger partial charge in [-0.05, 0) is 31.7 Å². The van der Waals surface area contributed by atoms with Gasteiger partial charge in [-0.2, -0.15) is 0 Å². The molecular weight excluding hydrogens is 420 g/mol. The lowest BCUT2D eigenvalue weighted by Gasteiger charge is -2.29. The van der Waals surface area contributed by atoms with E-state index in [1.165, 1.54) is 13.4 Å². The van der Waals surface area contributed by atoms with Crippen LogP contribution in [0.1, 0.15) is 52.7 Å². The standard InChI is InChI=1S/C19H20ClF2N5O3/c1-24-19(30)15-16(17(23)28)27(8-25-15)11-4-2-9(3-5-11)18(29)26-14-12(20)6-10(21)7-13(14)22/h6-9,11H,2-5H2,1H3,(H2,23,28)(H,24,30)(H,26,29)/t9-,11-. The van der Waals surface area contributed by atoms with Crippen molar-refractivity contribution in [3.8, 4) is 0 Å². The molecule has 0 aliphatic heterocycles. The molecule has 4 N–H and O–H groups in total. The monoisotopic (exact) mass is 439 g/mol. The van der Waals surface area contributed by atoms with Crippen LogP contribution in [0.5, 0.6) is 0 Å². The van der Waals surface area contributed by atoms with Crippen molar-refractivity contribution >= 4 is 35.0 Å². The fraction of sp³-hybridized carbons (Fsp3) is 0.368. The topological polar surface area (TPSA) is 119 Å². The highest BCUT2D eigenvalue weighted by Gasteiger charge is 2.31. The second kappa shape index (κ2) is 8.78. The molecule has 0 radical (unpaired) electrons. The van der Waals surface area contributed by atoms with Gasteiger partial charge in [-0.1, -0.05) is 11.6 Å². The van der Waals surface area contributed by atoms with Crippen molar-refractivity contribution in [2.75, 3.05) is 12.4 Å². The Labute approximate surface area is 175 Å². The summed E-state index contributed by atoms with van der Waals surface area (Å²) in [5, 5.41) is 4.62. The van der Waals surface area contributed by atoms with Crippen LogP contribution < -0.4 is 16.4 Å². The molecule has 8 nitrogen and oxygen atoms in total. The number of benzene rings is 1. The van der Waals surface area contributed by atoms with Crippen LogP contribution in [-0.2, 0) is 4.79 Å². The summed E-state index contributed by atoms with van der Waals surface area (Å²) < 4.78 is 28.6. The third kappa shape index (κ3) is 4.28. The molecule has 3 amide bonds. The molecular formula is C19H20ClF2N5O3. The number of primary amides is 1. The molecule has 1 aliphatic carbocycles. The van der Waals surface area contributed by atoms with Crippen LogP contribution in [0.2, 0.25) is 5.02 Å². The average molecular weight is 440 g/mol. The number of nitrogens with one attached hydrogen (secondary N) is 2. The summed E-state index contributed by atoms with van der Waals surface area (Å²) in [6.07, 6.45) is 3.32. The first-order valence-electron chi connectivity index (χ1n) is 9.27. The van der Waals surface area contributed by atoms with Crippen molar-refractivity contribution in [1.29, 1.82) is 0 Å². The number of carbonyl (C=O) groups excluding carboxylic acids is 3. The molecule has 1 aliphatic rings. The third-order valence-electron chi connectivity index (χ3n) is 5.19. The minimum atomic E-state index is -0.951. The second-order valence-corrected chi connectivity index (χ2v) is 7.44. The molecule has 0 atom stereocenters. The van der Waals surface area contributed by atoms with Crippen molar-refractivity contribution in [3.63, 3.8) is 0 Å². The van der Waals surface area contributed by atoms with Crippen molar-refractivity contribution in [3.05, 3.63) is 46.5 Å². The van der Waals surface area contributed by atoms with Gasteiger partial charge in [0, 0.05) is 25.1 Å². The maximum Gasteiger partial charge on any atom is 0.272 e. The van der Waals surface area contributed by atoms with Gasteiger partial charge in [0.05, 0.1) is 17.0 Å². The van der Waals surface area contributed by atoms with Crippen LogP contribution >= 0.6 is 11.6 Å². The summed E-state index contributed by atoms with van der Waals surface area (Å²) >= 11 is 5.83. The number of rotatable bonds is 5. The summed E-state index contributed by atoms with van der Waals surface area (Å²) in [6, 6.07) is 1.40. The van der Waals surface area contributed by atoms with Crippen LogP contribution in [0.15, 0.2) is 18.5 Å². The first-order valence-corrected chi connectivity index (χ1v) is 9.64. The Morgan fingerprint density at radius 2 is 1.87 bits per heavy atom. The third-order valence-corrected chi connectivity index (χ3v) is 5.48. The molecule has 0 bridgehead atoms. The molecule has 0 spiro atoms. The zero-order valence-electron chi connectivity index (χ0n) is 16.0. The van der Waals surface area contributed by atoms with E-state index in [1.807, 2.05) is 0 Å². The van der Waals surface area contributed by atoms with Gasteiger partial charge in [0.1, 0.15) is 11.5 Å². The van der Waals surface area contributed by atoms with Gasteiger partial charge >= 0.3 is 0 Å². The fourth-order valence-corrected chi connectivity index (χ4v) is 3.91. The van der Waals surface area contributed by atoms with E-state index in [4.69, 9.17) is 17.3 Å². The Morgan fingerprint density at radius 1 is 1.20 bits per heavy atom. The van der Waals surface area contributed by atoms with E-state index in [2.05, 4.69) is 15.6 Å². The molecule has 1 aromatic carbocycles. The number of hydrogen-bond acceptors (Lipinski definition) is 4. The molecule has 0 saturated heterocycles. The first kappa shape index (κ1) is 21.7. The summed E-state index contributed by atoms with van der Waals surface area (Å²) in [5.41, 5.74) is 5.15. The number of amides is 3. The lowest BCUT2D eigenvalue weighted by Crippen LogP contribution is -2.30. The Bertz CT molecular complexity index is 979. The molecule has 3 rings (SSSR count). The molecule has 2 aromatic rings. The second-order valence-electron chi connectivity index (χ2n) is 7.03. The molecule has 1 aromatic heterocycles. The summed E-state index contributed by atoms with van der Waals surface area (Å²) in [6.45, 7) is 0. The van der Waals surface area contributed by atoms with E-state index in [0.717, 1.165) is 6.07 Å². The predicted octanol–water partition coefficient (Wildman–Crippen LogP) is 2.64. The van der Waals surface area contributed by atoms with Gasteiger partial charge in [-0.25, -0.2) is 13.8 Å². The number of nitrogens with zero attached hydrogens (tertiary/aromatic N) is 2. The molecule has 1 fully saturated rings. The summed E-state index contributed by atoms with van der Waals surface area (Å²) in [7, 11) is 1.42. The van der Waals surface area contributed by atoms with Crippen LogP contribution in [0, 0.1) is 17.6 Å². The number of nitrogens with two attached hydrogens (primary N) is 1. The van der Waals surface area contributed by atoms with E-state index in [-0.39, 0.29) is 28.1 Å². The lowest BCUT2D eigenvalue weighted by molar-refractivity contribution is -0.121. The highest BCUT2D eigenvalue weighted by molar-refractivity contribution is 6.33. The molecule has 160 valence electrons. The summed E-state index contributed by atoms with van der Waals surface area (Å²) in [4.78, 5) is 40.3. The SMILES string of the molecule is CNC(=O)c1ncn([C@H]2CC[C@H](C(=O)Nc3c(F)cc(F)cc3Cl)CC2)c1C(N)=O. The van der Waals surface area contributed by atoms with E-state index in [9.17, 15) is 23.2 Å². The molecule has 1 saturated carbocycles. The Balaban J connectivity index is 1.70. The van der Waals surface area contributed by atoms with Crippen LogP contribution in [0.3, 0.4) is 0 Å². The summed E-state index contributed by atoms with van der Waals surface area (Å²) in [5.74, 6) is -3.92. The fourth-order valence-electron chi connectivity index (χ4n) is 3.67. The number of imidazole rings is 1. The van der Waals surface area contributed by atoms with E-state index >= 15 is 0 Å². The normalized spacial score (nSPS) is 18.7. The van der Waals surface area contributed by atoms with Crippen molar-refractivity contribution in [2.45, 2.75) is 31.7 Å². The Morgan fingerprint density at radius 3 is 2.43 bits per heavy atom. The zero-order valence-corrected chi connectivity index (χ0v) is 16.8. The number of anilines is 1. The van der Waals surface area contributed by atoms with E-state index in [0.29, 0.717) is 31.7 Å². The van der Waals surface area contributed by atoms with Crippen LogP contribution in [0.4, 0.5) is 14.5 Å². The van der Waals surface area contributed by atoms with Gasteiger partial charge in [-0.3, -0.25) is 14.4 Å². The minimum Gasteiger partial charge on any atom is -0.364 e. The predicted molar refractivity (Wildman–Crippen MR) is 105 cm³/mol. The maximum atomic E-state index is 13.9. The molecule has 1 heterocycles.